The third-order valence-corrected chi connectivity index (χ3v) is 6.94. The van der Waals surface area contributed by atoms with Gasteiger partial charge in [0, 0.05) is 48.3 Å². The fraction of sp³-hybridized carbons (Fsp3) is 0.296. The predicted molar refractivity (Wildman–Crippen MR) is 148 cm³/mol. The van der Waals surface area contributed by atoms with Crippen LogP contribution in [0.3, 0.4) is 0 Å². The van der Waals surface area contributed by atoms with E-state index in [0.717, 1.165) is 5.69 Å². The summed E-state index contributed by atoms with van der Waals surface area (Å²) < 4.78 is 22.7. The van der Waals surface area contributed by atoms with Gasteiger partial charge in [0.1, 0.15) is 5.69 Å². The zero-order chi connectivity index (χ0) is 28.4. The van der Waals surface area contributed by atoms with Crippen molar-refractivity contribution in [2.45, 2.75) is 13.3 Å². The lowest BCUT2D eigenvalue weighted by molar-refractivity contribution is -0.139. The molecular formula is C27H30N6O5S. The number of methoxy groups -OCH3 is 1. The molecule has 0 aliphatic heterocycles. The SMILES string of the molecule is COC(=O)CNCCC[S@@](C)(=O)=NC(=O)c1cncc(C#Cc2cccc(NC(=O)c3cc(C)nn3C)c2)c1. The quantitative estimate of drug-likeness (QED) is 0.234. The third kappa shape index (κ3) is 9.17. The number of rotatable bonds is 9. The Bertz CT molecular complexity index is 1560. The summed E-state index contributed by atoms with van der Waals surface area (Å²) >= 11 is 0. The first kappa shape index (κ1) is 29.2. The zero-order valence-corrected chi connectivity index (χ0v) is 23.0. The van der Waals surface area contributed by atoms with Crippen molar-refractivity contribution in [2.75, 3.05) is 37.5 Å². The number of carbonyl (C=O) groups is 3. The zero-order valence-electron chi connectivity index (χ0n) is 22.2. The second-order valence-electron chi connectivity index (χ2n) is 8.71. The van der Waals surface area contributed by atoms with E-state index in [-0.39, 0.29) is 23.8 Å². The summed E-state index contributed by atoms with van der Waals surface area (Å²) in [5.74, 6) is 4.82. The molecule has 1 atom stereocenters. The molecule has 0 saturated carbocycles. The minimum Gasteiger partial charge on any atom is -0.468 e. The van der Waals surface area contributed by atoms with Gasteiger partial charge in [-0.3, -0.25) is 24.0 Å². The minimum atomic E-state index is -2.77. The van der Waals surface area contributed by atoms with Crippen LogP contribution in [0.15, 0.2) is 53.2 Å². The number of benzene rings is 1. The Hall–Kier alpha value is -4.34. The summed E-state index contributed by atoms with van der Waals surface area (Å²) in [5.41, 5.74) is 3.05. The largest absolute Gasteiger partial charge is 0.468 e. The molecule has 0 saturated heterocycles. The van der Waals surface area contributed by atoms with Crippen molar-refractivity contribution < 1.29 is 23.3 Å². The van der Waals surface area contributed by atoms with Gasteiger partial charge in [0.15, 0.2) is 0 Å². The standard InChI is InChI=1S/C27H30N6O5S/c1-19-13-24(33(2)31-19)27(36)30-23-8-5-7-20(15-23)9-10-21-14-22(17-29-16-21)26(35)32-39(4,37)12-6-11-28-18-25(34)38-3/h5,7-8,13-17,28H,6,11-12,18H2,1-4H3,(H,30,36)/t39-/m1/s1. The molecule has 12 heteroatoms. The molecule has 0 unspecified atom stereocenters. The van der Waals surface area contributed by atoms with Crippen molar-refractivity contribution in [2.24, 2.45) is 11.4 Å². The molecule has 3 aromatic rings. The summed E-state index contributed by atoms with van der Waals surface area (Å²) in [6, 6.07) is 10.3. The Morgan fingerprint density at radius 2 is 1.90 bits per heavy atom. The number of hydrogen-bond donors (Lipinski definition) is 2. The molecule has 2 N–H and O–H groups in total. The van der Waals surface area contributed by atoms with E-state index in [2.05, 4.69) is 41.7 Å². The Morgan fingerprint density at radius 1 is 1.13 bits per heavy atom. The van der Waals surface area contributed by atoms with E-state index >= 15 is 0 Å². The number of aryl methyl sites for hydroxylation is 2. The van der Waals surface area contributed by atoms with Crippen LogP contribution >= 0.6 is 0 Å². The Kier molecular flexibility index (Phi) is 10.1. The number of anilines is 1. The smallest absolute Gasteiger partial charge is 0.319 e. The maximum atomic E-state index is 12.7. The number of carbonyl (C=O) groups excluding carboxylic acids is 3. The maximum absolute atomic E-state index is 12.7. The molecule has 0 spiro atoms. The predicted octanol–water partition coefficient (Wildman–Crippen LogP) is 2.17. The number of esters is 1. The van der Waals surface area contributed by atoms with Crippen LogP contribution in [-0.2, 0) is 26.3 Å². The molecule has 0 fully saturated rings. The number of pyridine rings is 1. The molecule has 204 valence electrons. The van der Waals surface area contributed by atoms with E-state index in [1.807, 2.05) is 6.92 Å². The summed E-state index contributed by atoms with van der Waals surface area (Å²) in [6.45, 7) is 2.31. The topological polar surface area (TPSA) is 145 Å². The molecule has 39 heavy (non-hydrogen) atoms. The van der Waals surface area contributed by atoms with Crippen molar-refractivity contribution in [3.8, 4) is 11.8 Å². The van der Waals surface area contributed by atoms with E-state index < -0.39 is 21.6 Å². The molecule has 3 rings (SSSR count). The molecule has 2 aromatic heterocycles. The van der Waals surface area contributed by atoms with Gasteiger partial charge in [-0.2, -0.15) is 9.46 Å². The Balaban J connectivity index is 1.65. The molecule has 0 bridgehead atoms. The fourth-order valence-electron chi connectivity index (χ4n) is 3.46. The molecule has 1 aromatic carbocycles. The van der Waals surface area contributed by atoms with Gasteiger partial charge in [-0.15, -0.1) is 0 Å². The summed E-state index contributed by atoms with van der Waals surface area (Å²) in [4.78, 5) is 40.4. The van der Waals surface area contributed by atoms with Gasteiger partial charge in [0.2, 0.25) is 0 Å². The second-order valence-corrected chi connectivity index (χ2v) is 11.2. The number of ether oxygens (including phenoxy) is 1. The number of nitrogens with one attached hydrogen (secondary N) is 2. The van der Waals surface area contributed by atoms with Crippen LogP contribution in [0, 0.1) is 18.8 Å². The lowest BCUT2D eigenvalue weighted by Gasteiger charge is -2.06. The van der Waals surface area contributed by atoms with Crippen LogP contribution in [0.2, 0.25) is 0 Å². The summed E-state index contributed by atoms with van der Waals surface area (Å²) in [6.07, 6.45) is 4.74. The third-order valence-electron chi connectivity index (χ3n) is 5.34. The monoisotopic (exact) mass is 550 g/mol. The fourth-order valence-corrected chi connectivity index (χ4v) is 4.69. The van der Waals surface area contributed by atoms with Crippen LogP contribution < -0.4 is 10.6 Å². The van der Waals surface area contributed by atoms with Gasteiger partial charge in [-0.1, -0.05) is 17.9 Å². The van der Waals surface area contributed by atoms with Crippen molar-refractivity contribution in [3.63, 3.8) is 0 Å². The highest BCUT2D eigenvalue weighted by Crippen LogP contribution is 2.13. The highest BCUT2D eigenvalue weighted by molar-refractivity contribution is 7.93. The van der Waals surface area contributed by atoms with Gasteiger partial charge < -0.3 is 15.4 Å². The summed E-state index contributed by atoms with van der Waals surface area (Å²) in [5, 5.41) is 9.90. The highest BCUT2D eigenvalue weighted by atomic mass is 32.2. The lowest BCUT2D eigenvalue weighted by atomic mass is 10.1. The highest BCUT2D eigenvalue weighted by Gasteiger charge is 2.12. The molecule has 0 radical (unpaired) electrons. The van der Waals surface area contributed by atoms with Crippen LogP contribution in [0.25, 0.3) is 0 Å². The molecule has 2 heterocycles. The average molecular weight is 551 g/mol. The molecule has 11 nitrogen and oxygen atoms in total. The van der Waals surface area contributed by atoms with Crippen molar-refractivity contribution in [3.05, 3.63) is 76.9 Å². The van der Waals surface area contributed by atoms with Gasteiger partial charge in [-0.05, 0) is 50.2 Å². The number of nitrogens with zero attached hydrogens (tertiary/aromatic N) is 4. The molecule has 2 amide bonds. The first-order valence-electron chi connectivity index (χ1n) is 12.0. The van der Waals surface area contributed by atoms with E-state index in [0.29, 0.717) is 35.5 Å². The van der Waals surface area contributed by atoms with Crippen LogP contribution in [-0.4, -0.2) is 69.0 Å². The number of amides is 2. The van der Waals surface area contributed by atoms with Crippen LogP contribution in [0.1, 0.15) is 44.1 Å². The van der Waals surface area contributed by atoms with E-state index in [4.69, 9.17) is 0 Å². The first-order valence-corrected chi connectivity index (χ1v) is 14.1. The van der Waals surface area contributed by atoms with Gasteiger partial charge in [0.25, 0.3) is 11.8 Å². The minimum absolute atomic E-state index is 0.0565. The van der Waals surface area contributed by atoms with E-state index in [1.165, 1.54) is 36.5 Å². The Labute approximate surface area is 227 Å². The van der Waals surface area contributed by atoms with Gasteiger partial charge in [-0.25, -0.2) is 4.21 Å². The van der Waals surface area contributed by atoms with Crippen LogP contribution in [0.5, 0.6) is 0 Å². The number of hydrogen-bond acceptors (Lipinski definition) is 8. The maximum Gasteiger partial charge on any atom is 0.319 e. The van der Waals surface area contributed by atoms with E-state index in [9.17, 15) is 18.6 Å². The molecular weight excluding hydrogens is 520 g/mol. The average Bonchev–Trinajstić information content (AvgIpc) is 3.25. The van der Waals surface area contributed by atoms with Crippen LogP contribution in [0.4, 0.5) is 5.69 Å². The second kappa shape index (κ2) is 13.5. The van der Waals surface area contributed by atoms with Crippen molar-refractivity contribution in [1.29, 1.82) is 0 Å². The normalized spacial score (nSPS) is 12.0. The molecule has 0 aliphatic carbocycles. The first-order chi connectivity index (χ1) is 18.6. The lowest BCUT2D eigenvalue weighted by Crippen LogP contribution is -2.26. The van der Waals surface area contributed by atoms with Crippen molar-refractivity contribution >= 4 is 33.2 Å². The van der Waals surface area contributed by atoms with Gasteiger partial charge >= 0.3 is 5.97 Å². The van der Waals surface area contributed by atoms with E-state index in [1.54, 1.807) is 37.4 Å². The van der Waals surface area contributed by atoms with Crippen molar-refractivity contribution in [1.82, 2.24) is 20.1 Å². The Morgan fingerprint density at radius 3 is 2.62 bits per heavy atom. The number of aromatic nitrogens is 3. The van der Waals surface area contributed by atoms with Gasteiger partial charge in [0.05, 0.1) is 34.6 Å². The summed E-state index contributed by atoms with van der Waals surface area (Å²) in [7, 11) is 0.230. The molecule has 0 aliphatic rings.